The minimum atomic E-state index is -0.274. The fourth-order valence-electron chi connectivity index (χ4n) is 4.02. The molecule has 0 unspecified atom stereocenters. The first-order chi connectivity index (χ1) is 13.7. The number of carbonyl (C=O) groups excluding carboxylic acids is 2. The Bertz CT molecular complexity index is 1050. The molecule has 2 aliphatic heterocycles. The third kappa shape index (κ3) is 2.67. The van der Waals surface area contributed by atoms with Crippen molar-refractivity contribution in [1.82, 2.24) is 4.90 Å². The van der Waals surface area contributed by atoms with Crippen LogP contribution in [0.4, 0.5) is 5.69 Å². The van der Waals surface area contributed by atoms with Crippen LogP contribution in [0.15, 0.2) is 66.7 Å². The van der Waals surface area contributed by atoms with Crippen LogP contribution in [0.25, 0.3) is 10.8 Å². The summed E-state index contributed by atoms with van der Waals surface area (Å²) in [5.74, 6) is -0.422. The van der Waals surface area contributed by atoms with Crippen LogP contribution in [0.1, 0.15) is 20.7 Å². The number of ether oxygens (including phenoxy) is 1. The van der Waals surface area contributed by atoms with Crippen LogP contribution in [0.2, 0.25) is 0 Å². The lowest BCUT2D eigenvalue weighted by Gasteiger charge is -2.43. The summed E-state index contributed by atoms with van der Waals surface area (Å²) < 4.78 is 5.48. The summed E-state index contributed by atoms with van der Waals surface area (Å²) in [6, 6.07) is 21.4. The molecular weight excluding hydrogens is 352 g/mol. The van der Waals surface area contributed by atoms with Gasteiger partial charge in [-0.05, 0) is 23.6 Å². The molecule has 3 aromatic rings. The highest BCUT2D eigenvalue weighted by molar-refractivity contribution is 6.21. The van der Waals surface area contributed by atoms with E-state index in [1.165, 1.54) is 10.3 Å². The standard InChI is InChI=1S/C23H20N2O3/c26-21-18-9-3-4-10-19(18)22(27)25(21)13-23(14-28-15-23)12-24-20-11-5-7-16-6-1-2-8-17(16)20/h1-11,24H,12-15H2. The highest BCUT2D eigenvalue weighted by atomic mass is 16.5. The van der Waals surface area contributed by atoms with Gasteiger partial charge in [-0.15, -0.1) is 0 Å². The molecule has 5 heteroatoms. The zero-order valence-electron chi connectivity index (χ0n) is 15.4. The molecule has 5 nitrogen and oxygen atoms in total. The second kappa shape index (κ2) is 6.46. The fourth-order valence-corrected chi connectivity index (χ4v) is 4.02. The first-order valence-electron chi connectivity index (χ1n) is 9.42. The van der Waals surface area contributed by atoms with Gasteiger partial charge in [0.1, 0.15) is 0 Å². The number of nitrogens with zero attached hydrogens (tertiary/aromatic N) is 1. The molecule has 1 saturated heterocycles. The van der Waals surface area contributed by atoms with Gasteiger partial charge in [-0.25, -0.2) is 0 Å². The van der Waals surface area contributed by atoms with Crippen molar-refractivity contribution in [2.75, 3.05) is 31.6 Å². The van der Waals surface area contributed by atoms with E-state index in [1.54, 1.807) is 24.3 Å². The van der Waals surface area contributed by atoms with E-state index in [1.807, 2.05) is 18.2 Å². The van der Waals surface area contributed by atoms with E-state index in [2.05, 4.69) is 29.6 Å². The molecule has 28 heavy (non-hydrogen) atoms. The predicted molar refractivity (Wildman–Crippen MR) is 107 cm³/mol. The van der Waals surface area contributed by atoms with E-state index in [0.717, 1.165) is 11.1 Å². The number of amides is 2. The number of anilines is 1. The summed E-state index contributed by atoms with van der Waals surface area (Å²) in [6.45, 7) is 2.04. The Morgan fingerprint density at radius 2 is 1.50 bits per heavy atom. The van der Waals surface area contributed by atoms with Crippen LogP contribution in [0, 0.1) is 5.41 Å². The molecule has 1 fully saturated rings. The lowest BCUT2D eigenvalue weighted by molar-refractivity contribution is -0.110. The molecule has 3 aromatic carbocycles. The highest BCUT2D eigenvalue weighted by Gasteiger charge is 2.45. The van der Waals surface area contributed by atoms with Crippen LogP contribution in [-0.2, 0) is 4.74 Å². The monoisotopic (exact) mass is 372 g/mol. The molecule has 140 valence electrons. The van der Waals surface area contributed by atoms with Crippen molar-refractivity contribution in [2.24, 2.45) is 5.41 Å². The molecule has 0 saturated carbocycles. The Hall–Kier alpha value is -3.18. The highest BCUT2D eigenvalue weighted by Crippen LogP contribution is 2.34. The lowest BCUT2D eigenvalue weighted by atomic mass is 9.85. The SMILES string of the molecule is O=C1c2ccccc2C(=O)N1CC1(CNc2cccc3ccccc23)COC1. The zero-order valence-corrected chi connectivity index (χ0v) is 15.4. The van der Waals surface area contributed by atoms with Crippen LogP contribution in [0.3, 0.4) is 0 Å². The molecule has 0 atom stereocenters. The first kappa shape index (κ1) is 17.0. The van der Waals surface area contributed by atoms with E-state index in [4.69, 9.17) is 4.74 Å². The Balaban J connectivity index is 1.36. The van der Waals surface area contributed by atoms with Crippen molar-refractivity contribution in [2.45, 2.75) is 0 Å². The average molecular weight is 372 g/mol. The Morgan fingerprint density at radius 1 is 0.857 bits per heavy atom. The fraction of sp³-hybridized carbons (Fsp3) is 0.217. The molecule has 2 amide bonds. The molecule has 0 radical (unpaired) electrons. The summed E-state index contributed by atoms with van der Waals surface area (Å²) in [4.78, 5) is 26.8. The second-order valence-corrected chi connectivity index (χ2v) is 7.62. The number of fused-ring (bicyclic) bond motifs is 2. The minimum absolute atomic E-state index is 0.211. The summed E-state index contributed by atoms with van der Waals surface area (Å²) in [5.41, 5.74) is 1.76. The average Bonchev–Trinajstić information content (AvgIpc) is 2.94. The normalized spacial score (nSPS) is 17.5. The zero-order chi connectivity index (χ0) is 19.1. The van der Waals surface area contributed by atoms with E-state index in [9.17, 15) is 9.59 Å². The number of carbonyl (C=O) groups is 2. The topological polar surface area (TPSA) is 58.6 Å². The molecule has 1 N–H and O–H groups in total. The van der Waals surface area contributed by atoms with Gasteiger partial charge >= 0.3 is 0 Å². The van der Waals surface area contributed by atoms with Crippen molar-refractivity contribution in [3.8, 4) is 0 Å². The number of imide groups is 1. The Morgan fingerprint density at radius 3 is 2.18 bits per heavy atom. The van der Waals surface area contributed by atoms with Crippen molar-refractivity contribution in [1.29, 1.82) is 0 Å². The molecule has 2 heterocycles. The van der Waals surface area contributed by atoms with E-state index in [-0.39, 0.29) is 17.2 Å². The maximum absolute atomic E-state index is 12.7. The third-order valence-electron chi connectivity index (χ3n) is 5.63. The quantitative estimate of drug-likeness (QED) is 0.696. The van der Waals surface area contributed by atoms with E-state index >= 15 is 0 Å². The molecule has 0 aromatic heterocycles. The van der Waals surface area contributed by atoms with Gasteiger partial charge in [-0.1, -0.05) is 48.5 Å². The van der Waals surface area contributed by atoms with Gasteiger partial charge in [0.25, 0.3) is 11.8 Å². The predicted octanol–water partition coefficient (Wildman–Crippen LogP) is 3.56. The number of benzene rings is 3. The first-order valence-corrected chi connectivity index (χ1v) is 9.42. The van der Waals surface area contributed by atoms with Crippen LogP contribution < -0.4 is 5.32 Å². The molecular formula is C23H20N2O3. The van der Waals surface area contributed by atoms with Crippen LogP contribution in [-0.4, -0.2) is 43.0 Å². The van der Waals surface area contributed by atoms with Gasteiger partial charge in [-0.2, -0.15) is 0 Å². The van der Waals surface area contributed by atoms with Gasteiger partial charge in [-0.3, -0.25) is 14.5 Å². The number of nitrogens with one attached hydrogen (secondary N) is 1. The van der Waals surface area contributed by atoms with Gasteiger partial charge in [0, 0.05) is 24.2 Å². The molecule has 0 aliphatic carbocycles. The van der Waals surface area contributed by atoms with Crippen molar-refractivity contribution >= 4 is 28.3 Å². The number of hydrogen-bond acceptors (Lipinski definition) is 4. The van der Waals surface area contributed by atoms with E-state index < -0.39 is 0 Å². The minimum Gasteiger partial charge on any atom is -0.384 e. The van der Waals surface area contributed by atoms with Crippen LogP contribution in [0.5, 0.6) is 0 Å². The Kier molecular flexibility index (Phi) is 3.91. The van der Waals surface area contributed by atoms with Crippen LogP contribution >= 0.6 is 0 Å². The van der Waals surface area contributed by atoms with Gasteiger partial charge in [0.2, 0.25) is 0 Å². The Labute approximate surface area is 162 Å². The van der Waals surface area contributed by atoms with Gasteiger partial charge < -0.3 is 10.1 Å². The van der Waals surface area contributed by atoms with Crippen molar-refractivity contribution in [3.05, 3.63) is 77.9 Å². The summed E-state index contributed by atoms with van der Waals surface area (Å²) in [6.07, 6.45) is 0. The number of hydrogen-bond donors (Lipinski definition) is 1. The van der Waals surface area contributed by atoms with Crippen molar-refractivity contribution < 1.29 is 14.3 Å². The summed E-state index contributed by atoms with van der Waals surface area (Å²) >= 11 is 0. The van der Waals surface area contributed by atoms with Crippen molar-refractivity contribution in [3.63, 3.8) is 0 Å². The van der Waals surface area contributed by atoms with E-state index in [0.29, 0.717) is 37.4 Å². The maximum atomic E-state index is 12.7. The molecule has 5 rings (SSSR count). The summed E-state index contributed by atoms with van der Waals surface area (Å²) in [7, 11) is 0. The lowest BCUT2D eigenvalue weighted by Crippen LogP contribution is -2.55. The molecule has 0 bridgehead atoms. The number of rotatable bonds is 5. The maximum Gasteiger partial charge on any atom is 0.261 e. The molecule has 0 spiro atoms. The second-order valence-electron chi connectivity index (χ2n) is 7.62. The summed E-state index contributed by atoms with van der Waals surface area (Å²) in [5, 5.41) is 5.85. The smallest absolute Gasteiger partial charge is 0.261 e. The van der Waals surface area contributed by atoms with Gasteiger partial charge in [0.15, 0.2) is 0 Å². The third-order valence-corrected chi connectivity index (χ3v) is 5.63. The largest absolute Gasteiger partial charge is 0.384 e. The molecule has 2 aliphatic rings. The van der Waals surface area contributed by atoms with Gasteiger partial charge in [0.05, 0.1) is 29.8 Å².